The number of hydrogen-bond donors (Lipinski definition) is 0. The lowest BCUT2D eigenvalue weighted by Crippen LogP contribution is -2.01. The Morgan fingerprint density at radius 3 is 2.47 bits per heavy atom. The third kappa shape index (κ3) is 3.41. The number of rotatable bonds is 3. The molecular formula is C16H15BrF2. The number of alkyl halides is 1. The summed E-state index contributed by atoms with van der Waals surface area (Å²) < 4.78 is 27.0. The first-order chi connectivity index (χ1) is 8.97. The van der Waals surface area contributed by atoms with Gasteiger partial charge < -0.3 is 0 Å². The maximum absolute atomic E-state index is 13.8. The second-order valence-corrected chi connectivity index (χ2v) is 5.89. The van der Waals surface area contributed by atoms with Gasteiger partial charge in [-0.05, 0) is 37.5 Å². The summed E-state index contributed by atoms with van der Waals surface area (Å²) >= 11 is 3.49. The molecule has 2 rings (SSSR count). The molecule has 0 bridgehead atoms. The van der Waals surface area contributed by atoms with Crippen molar-refractivity contribution in [3.63, 3.8) is 0 Å². The first kappa shape index (κ1) is 14.2. The number of hydrogen-bond acceptors (Lipinski definition) is 0. The van der Waals surface area contributed by atoms with E-state index in [-0.39, 0.29) is 4.83 Å². The van der Waals surface area contributed by atoms with Crippen molar-refractivity contribution >= 4 is 15.9 Å². The van der Waals surface area contributed by atoms with E-state index in [4.69, 9.17) is 0 Å². The van der Waals surface area contributed by atoms with Crippen molar-refractivity contribution in [1.29, 1.82) is 0 Å². The quantitative estimate of drug-likeness (QED) is 0.675. The average Bonchev–Trinajstić information content (AvgIpc) is 2.33. The van der Waals surface area contributed by atoms with Crippen molar-refractivity contribution in [3.8, 4) is 0 Å². The summed E-state index contributed by atoms with van der Waals surface area (Å²) in [7, 11) is 0. The zero-order valence-corrected chi connectivity index (χ0v) is 12.5. The third-order valence-corrected chi connectivity index (χ3v) is 3.93. The highest BCUT2D eigenvalue weighted by atomic mass is 79.9. The van der Waals surface area contributed by atoms with Crippen LogP contribution in [0.25, 0.3) is 0 Å². The number of aryl methyl sites for hydroxylation is 2. The molecule has 0 saturated heterocycles. The molecule has 3 heteroatoms. The molecule has 0 N–H and O–H groups in total. The Hall–Kier alpha value is -1.22. The summed E-state index contributed by atoms with van der Waals surface area (Å²) in [6.45, 7) is 3.67. The van der Waals surface area contributed by atoms with Crippen LogP contribution in [0, 0.1) is 25.5 Å². The third-order valence-electron chi connectivity index (χ3n) is 3.11. The van der Waals surface area contributed by atoms with E-state index in [0.717, 1.165) is 11.6 Å². The van der Waals surface area contributed by atoms with Gasteiger partial charge in [-0.1, -0.05) is 45.8 Å². The maximum Gasteiger partial charge on any atom is 0.130 e. The van der Waals surface area contributed by atoms with Gasteiger partial charge in [-0.15, -0.1) is 0 Å². The Kier molecular flexibility index (Phi) is 4.35. The second kappa shape index (κ2) is 5.83. The van der Waals surface area contributed by atoms with Crippen LogP contribution >= 0.6 is 15.9 Å². The minimum atomic E-state index is -0.503. The zero-order valence-electron chi connectivity index (χ0n) is 10.9. The summed E-state index contributed by atoms with van der Waals surface area (Å²) in [5, 5.41) is 0. The maximum atomic E-state index is 13.8. The summed E-state index contributed by atoms with van der Waals surface area (Å²) in [5.74, 6) is -1.01. The molecule has 0 aliphatic heterocycles. The molecule has 2 aromatic carbocycles. The minimum Gasteiger partial charge on any atom is -0.207 e. The molecule has 100 valence electrons. The molecule has 0 nitrogen and oxygen atoms in total. The van der Waals surface area contributed by atoms with Gasteiger partial charge in [-0.2, -0.15) is 0 Å². The first-order valence-electron chi connectivity index (χ1n) is 6.12. The lowest BCUT2D eigenvalue weighted by molar-refractivity contribution is 0.566. The van der Waals surface area contributed by atoms with Crippen LogP contribution in [0.3, 0.4) is 0 Å². The van der Waals surface area contributed by atoms with Crippen LogP contribution in [0.4, 0.5) is 8.78 Å². The van der Waals surface area contributed by atoms with Crippen LogP contribution in [0.15, 0.2) is 36.4 Å². The zero-order chi connectivity index (χ0) is 14.0. The highest BCUT2D eigenvalue weighted by Crippen LogP contribution is 2.30. The van der Waals surface area contributed by atoms with Crippen molar-refractivity contribution in [2.45, 2.75) is 25.1 Å². The average molecular weight is 325 g/mol. The van der Waals surface area contributed by atoms with Gasteiger partial charge in [0.05, 0.1) is 0 Å². The van der Waals surface area contributed by atoms with Gasteiger partial charge in [0.2, 0.25) is 0 Å². The van der Waals surface area contributed by atoms with Crippen molar-refractivity contribution in [3.05, 3.63) is 70.3 Å². The van der Waals surface area contributed by atoms with Gasteiger partial charge in [0.15, 0.2) is 0 Å². The molecule has 1 unspecified atom stereocenters. The number of benzene rings is 2. The molecule has 19 heavy (non-hydrogen) atoms. The SMILES string of the molecule is Cc1cccc(CC(Br)c2cc(C)c(F)cc2F)c1. The Morgan fingerprint density at radius 2 is 1.79 bits per heavy atom. The van der Waals surface area contributed by atoms with E-state index in [1.807, 2.05) is 25.1 Å². The van der Waals surface area contributed by atoms with E-state index >= 15 is 0 Å². The largest absolute Gasteiger partial charge is 0.207 e. The lowest BCUT2D eigenvalue weighted by atomic mass is 10.0. The van der Waals surface area contributed by atoms with Gasteiger partial charge in [-0.25, -0.2) is 8.78 Å². The second-order valence-electron chi connectivity index (χ2n) is 4.78. The van der Waals surface area contributed by atoms with Crippen molar-refractivity contribution in [1.82, 2.24) is 0 Å². The van der Waals surface area contributed by atoms with Crippen LogP contribution in [-0.4, -0.2) is 0 Å². The van der Waals surface area contributed by atoms with Gasteiger partial charge in [0, 0.05) is 16.5 Å². The van der Waals surface area contributed by atoms with Crippen LogP contribution in [-0.2, 0) is 6.42 Å². The summed E-state index contributed by atoms with van der Waals surface area (Å²) in [5.41, 5.74) is 3.27. The Balaban J connectivity index is 2.25. The Morgan fingerprint density at radius 1 is 1.05 bits per heavy atom. The molecule has 0 saturated carbocycles. The van der Waals surface area contributed by atoms with E-state index in [1.165, 1.54) is 5.56 Å². The molecule has 0 spiro atoms. The fourth-order valence-electron chi connectivity index (χ4n) is 2.08. The molecule has 0 aromatic heterocycles. The van der Waals surface area contributed by atoms with E-state index < -0.39 is 11.6 Å². The predicted molar refractivity (Wildman–Crippen MR) is 77.6 cm³/mol. The highest BCUT2D eigenvalue weighted by molar-refractivity contribution is 9.09. The van der Waals surface area contributed by atoms with Crippen LogP contribution in [0.5, 0.6) is 0 Å². The Bertz CT molecular complexity index is 593. The lowest BCUT2D eigenvalue weighted by Gasteiger charge is -2.13. The first-order valence-corrected chi connectivity index (χ1v) is 7.04. The fourth-order valence-corrected chi connectivity index (χ4v) is 2.80. The summed E-state index contributed by atoms with van der Waals surface area (Å²) in [6.07, 6.45) is 0.670. The smallest absolute Gasteiger partial charge is 0.130 e. The Labute approximate surface area is 120 Å². The molecule has 0 aliphatic carbocycles. The molecule has 1 atom stereocenters. The van der Waals surface area contributed by atoms with Gasteiger partial charge in [0.25, 0.3) is 0 Å². The van der Waals surface area contributed by atoms with E-state index in [0.29, 0.717) is 17.5 Å². The van der Waals surface area contributed by atoms with Gasteiger partial charge >= 0.3 is 0 Å². The monoisotopic (exact) mass is 324 g/mol. The molecular weight excluding hydrogens is 310 g/mol. The van der Waals surface area contributed by atoms with Crippen molar-refractivity contribution in [2.24, 2.45) is 0 Å². The predicted octanol–water partition coefficient (Wildman–Crippen LogP) is 5.26. The highest BCUT2D eigenvalue weighted by Gasteiger charge is 2.15. The molecule has 2 aromatic rings. The van der Waals surface area contributed by atoms with E-state index in [2.05, 4.69) is 22.0 Å². The standard InChI is InChI=1S/C16H15BrF2/c1-10-4-3-5-12(6-10)8-14(17)13-7-11(2)15(18)9-16(13)19/h3-7,9,14H,8H2,1-2H3. The summed E-state index contributed by atoms with van der Waals surface area (Å²) in [4.78, 5) is -0.159. The van der Waals surface area contributed by atoms with Crippen LogP contribution in [0.2, 0.25) is 0 Å². The molecule has 0 amide bonds. The van der Waals surface area contributed by atoms with Crippen LogP contribution in [0.1, 0.15) is 27.1 Å². The van der Waals surface area contributed by atoms with Gasteiger partial charge in [0.1, 0.15) is 11.6 Å². The van der Waals surface area contributed by atoms with Gasteiger partial charge in [-0.3, -0.25) is 0 Å². The van der Waals surface area contributed by atoms with E-state index in [9.17, 15) is 8.78 Å². The molecule has 0 aliphatic rings. The topological polar surface area (TPSA) is 0 Å². The van der Waals surface area contributed by atoms with Crippen LogP contribution < -0.4 is 0 Å². The minimum absolute atomic E-state index is 0.159. The molecule has 0 heterocycles. The normalized spacial score (nSPS) is 12.5. The number of halogens is 3. The van der Waals surface area contributed by atoms with E-state index in [1.54, 1.807) is 13.0 Å². The summed E-state index contributed by atoms with van der Waals surface area (Å²) in [6, 6.07) is 10.6. The van der Waals surface area contributed by atoms with Crippen molar-refractivity contribution < 1.29 is 8.78 Å². The molecule has 0 fully saturated rings. The van der Waals surface area contributed by atoms with Crippen molar-refractivity contribution in [2.75, 3.05) is 0 Å². The fraction of sp³-hybridized carbons (Fsp3) is 0.250. The molecule has 0 radical (unpaired) electrons.